The highest BCUT2D eigenvalue weighted by Crippen LogP contribution is 2.20. The number of nitrogens with zero attached hydrogens (tertiary/aromatic N) is 5. The fourth-order valence-corrected chi connectivity index (χ4v) is 3.88. The van der Waals surface area contributed by atoms with E-state index in [0.29, 0.717) is 18.9 Å². The van der Waals surface area contributed by atoms with Crippen LogP contribution in [0.5, 0.6) is 0 Å². The van der Waals surface area contributed by atoms with Crippen molar-refractivity contribution in [2.24, 2.45) is 10.9 Å². The number of carbonyl (C=O) groups excluding carboxylic acids is 1. The van der Waals surface area contributed by atoms with E-state index in [1.165, 1.54) is 19.3 Å². The van der Waals surface area contributed by atoms with Crippen molar-refractivity contribution >= 4 is 35.8 Å². The van der Waals surface area contributed by atoms with E-state index < -0.39 is 0 Å². The number of aliphatic imine (C=N–C) groups is 1. The molecule has 2 aliphatic heterocycles. The van der Waals surface area contributed by atoms with Crippen molar-refractivity contribution in [3.63, 3.8) is 0 Å². The molecule has 0 unspecified atom stereocenters. The normalized spacial score (nSPS) is 18.3. The van der Waals surface area contributed by atoms with Crippen LogP contribution in [0.25, 0.3) is 0 Å². The third-order valence-electron chi connectivity index (χ3n) is 5.47. The first-order valence-corrected chi connectivity index (χ1v) is 9.78. The van der Waals surface area contributed by atoms with E-state index >= 15 is 0 Å². The number of nitrogens with one attached hydrogen (secondary N) is 2. The van der Waals surface area contributed by atoms with Gasteiger partial charge in [-0.2, -0.15) is 0 Å². The second kappa shape index (κ2) is 10.8. The molecule has 0 bridgehead atoms. The zero-order valence-corrected chi connectivity index (χ0v) is 18.7. The van der Waals surface area contributed by atoms with Crippen LogP contribution in [-0.2, 0) is 24.3 Å². The minimum absolute atomic E-state index is 0. The zero-order chi connectivity index (χ0) is 18.4. The first kappa shape index (κ1) is 21.9. The van der Waals surface area contributed by atoms with Gasteiger partial charge in [0.25, 0.3) is 0 Å². The maximum absolute atomic E-state index is 11.6. The molecule has 27 heavy (non-hydrogen) atoms. The Labute approximate surface area is 178 Å². The molecule has 1 amide bonds. The molecular formula is C18H32IN7O. The van der Waals surface area contributed by atoms with Gasteiger partial charge in [-0.3, -0.25) is 9.79 Å². The van der Waals surface area contributed by atoms with Gasteiger partial charge in [0, 0.05) is 46.6 Å². The molecule has 152 valence electrons. The van der Waals surface area contributed by atoms with Crippen molar-refractivity contribution in [2.75, 3.05) is 27.2 Å². The SMILES string of the molecule is CN=C(NCc1nnc2n1CCCCC2)N1CCC(CC(=O)NC)CC1.I. The second-order valence-corrected chi connectivity index (χ2v) is 7.20. The molecule has 3 heterocycles. The summed E-state index contributed by atoms with van der Waals surface area (Å²) >= 11 is 0. The number of rotatable bonds is 4. The molecule has 8 nitrogen and oxygen atoms in total. The van der Waals surface area contributed by atoms with Crippen LogP contribution in [0.4, 0.5) is 0 Å². The van der Waals surface area contributed by atoms with Gasteiger partial charge in [-0.05, 0) is 31.6 Å². The topological polar surface area (TPSA) is 87.4 Å². The van der Waals surface area contributed by atoms with Gasteiger partial charge < -0.3 is 20.1 Å². The summed E-state index contributed by atoms with van der Waals surface area (Å²) in [5.41, 5.74) is 0. The highest BCUT2D eigenvalue weighted by molar-refractivity contribution is 14.0. The Morgan fingerprint density at radius 2 is 1.96 bits per heavy atom. The Balaban J connectivity index is 0.00000261. The number of hydrogen-bond donors (Lipinski definition) is 2. The van der Waals surface area contributed by atoms with Gasteiger partial charge in [0.2, 0.25) is 5.91 Å². The van der Waals surface area contributed by atoms with Crippen molar-refractivity contribution in [2.45, 2.75) is 58.0 Å². The van der Waals surface area contributed by atoms with Gasteiger partial charge in [-0.1, -0.05) is 6.42 Å². The largest absolute Gasteiger partial charge is 0.359 e. The Morgan fingerprint density at radius 1 is 1.19 bits per heavy atom. The van der Waals surface area contributed by atoms with Crippen LogP contribution in [0.2, 0.25) is 0 Å². The molecule has 0 radical (unpaired) electrons. The molecule has 0 atom stereocenters. The third kappa shape index (κ3) is 5.79. The third-order valence-corrected chi connectivity index (χ3v) is 5.47. The van der Waals surface area contributed by atoms with Crippen LogP contribution in [-0.4, -0.2) is 58.7 Å². The van der Waals surface area contributed by atoms with E-state index in [2.05, 4.69) is 35.3 Å². The summed E-state index contributed by atoms with van der Waals surface area (Å²) in [5.74, 6) is 3.63. The predicted molar refractivity (Wildman–Crippen MR) is 116 cm³/mol. The first-order valence-electron chi connectivity index (χ1n) is 9.78. The number of hydrogen-bond acceptors (Lipinski definition) is 4. The van der Waals surface area contributed by atoms with Crippen molar-refractivity contribution in [1.82, 2.24) is 30.3 Å². The van der Waals surface area contributed by atoms with Gasteiger partial charge in [-0.15, -0.1) is 34.2 Å². The lowest BCUT2D eigenvalue weighted by Gasteiger charge is -2.34. The number of aryl methyl sites for hydroxylation is 1. The molecule has 2 N–H and O–H groups in total. The Kier molecular flexibility index (Phi) is 8.78. The van der Waals surface area contributed by atoms with Gasteiger partial charge in [0.05, 0.1) is 6.54 Å². The first-order chi connectivity index (χ1) is 12.7. The van der Waals surface area contributed by atoms with Crippen LogP contribution in [0.1, 0.15) is 50.2 Å². The average Bonchev–Trinajstić information content (AvgIpc) is 2.89. The summed E-state index contributed by atoms with van der Waals surface area (Å²) in [6.07, 6.45) is 7.37. The number of halogens is 1. The van der Waals surface area contributed by atoms with E-state index in [9.17, 15) is 4.79 Å². The summed E-state index contributed by atoms with van der Waals surface area (Å²) in [6.45, 7) is 3.53. The molecular weight excluding hydrogens is 457 g/mol. The average molecular weight is 489 g/mol. The predicted octanol–water partition coefficient (Wildman–Crippen LogP) is 1.55. The number of carbonyl (C=O) groups is 1. The molecule has 0 aliphatic carbocycles. The molecule has 1 aromatic heterocycles. The summed E-state index contributed by atoms with van der Waals surface area (Å²) in [6, 6.07) is 0. The fraction of sp³-hybridized carbons (Fsp3) is 0.778. The highest BCUT2D eigenvalue weighted by atomic mass is 127. The van der Waals surface area contributed by atoms with Crippen molar-refractivity contribution < 1.29 is 4.79 Å². The lowest BCUT2D eigenvalue weighted by atomic mass is 9.93. The molecule has 1 fully saturated rings. The molecule has 2 aliphatic rings. The molecule has 0 saturated carbocycles. The molecule has 1 aromatic rings. The van der Waals surface area contributed by atoms with Crippen LogP contribution in [0.15, 0.2) is 4.99 Å². The lowest BCUT2D eigenvalue weighted by Crippen LogP contribution is -2.46. The van der Waals surface area contributed by atoms with Crippen LogP contribution < -0.4 is 10.6 Å². The summed E-state index contributed by atoms with van der Waals surface area (Å²) in [7, 11) is 3.53. The summed E-state index contributed by atoms with van der Waals surface area (Å²) in [5, 5.41) is 14.9. The fourth-order valence-electron chi connectivity index (χ4n) is 3.88. The quantitative estimate of drug-likeness (QED) is 0.381. The van der Waals surface area contributed by atoms with Gasteiger partial charge in [-0.25, -0.2) is 0 Å². The summed E-state index contributed by atoms with van der Waals surface area (Å²) < 4.78 is 2.27. The van der Waals surface area contributed by atoms with Crippen molar-refractivity contribution in [3.8, 4) is 0 Å². The standard InChI is InChI=1S/C18H31N7O.HI/c1-19-17(26)12-14-7-10-24(11-8-14)18(20-2)21-13-16-23-22-15-6-4-3-5-9-25(15)16;/h14H,3-13H2,1-2H3,(H,19,26)(H,20,21);1H. The van der Waals surface area contributed by atoms with Crippen LogP contribution in [0.3, 0.4) is 0 Å². The monoisotopic (exact) mass is 489 g/mol. The van der Waals surface area contributed by atoms with E-state index in [0.717, 1.165) is 56.5 Å². The number of piperidine rings is 1. The Morgan fingerprint density at radius 3 is 2.67 bits per heavy atom. The van der Waals surface area contributed by atoms with Crippen LogP contribution >= 0.6 is 24.0 Å². The number of fused-ring (bicyclic) bond motifs is 1. The number of guanidine groups is 1. The van der Waals surface area contributed by atoms with E-state index in [-0.39, 0.29) is 29.9 Å². The molecule has 3 rings (SSSR count). The summed E-state index contributed by atoms with van der Waals surface area (Å²) in [4.78, 5) is 18.3. The Hall–Kier alpha value is -1.39. The smallest absolute Gasteiger partial charge is 0.220 e. The van der Waals surface area contributed by atoms with E-state index in [4.69, 9.17) is 0 Å². The number of aromatic nitrogens is 3. The van der Waals surface area contributed by atoms with E-state index in [1.807, 2.05) is 7.05 Å². The molecule has 0 spiro atoms. The molecule has 9 heteroatoms. The highest BCUT2D eigenvalue weighted by Gasteiger charge is 2.23. The molecule has 0 aromatic carbocycles. The minimum Gasteiger partial charge on any atom is -0.359 e. The maximum atomic E-state index is 11.6. The van der Waals surface area contributed by atoms with Crippen molar-refractivity contribution in [1.29, 1.82) is 0 Å². The second-order valence-electron chi connectivity index (χ2n) is 7.20. The number of likely N-dealkylation sites (tertiary alicyclic amines) is 1. The van der Waals surface area contributed by atoms with Gasteiger partial charge in [0.1, 0.15) is 5.82 Å². The van der Waals surface area contributed by atoms with E-state index in [1.54, 1.807) is 7.05 Å². The zero-order valence-electron chi connectivity index (χ0n) is 16.4. The van der Waals surface area contributed by atoms with Gasteiger partial charge >= 0.3 is 0 Å². The number of amides is 1. The maximum Gasteiger partial charge on any atom is 0.220 e. The molecule has 1 saturated heterocycles. The van der Waals surface area contributed by atoms with Crippen molar-refractivity contribution in [3.05, 3.63) is 11.6 Å². The lowest BCUT2D eigenvalue weighted by molar-refractivity contribution is -0.121. The van der Waals surface area contributed by atoms with Gasteiger partial charge in [0.15, 0.2) is 11.8 Å². The minimum atomic E-state index is 0. The van der Waals surface area contributed by atoms with Crippen LogP contribution in [0, 0.1) is 5.92 Å². The Bertz CT molecular complexity index is 638.